The quantitative estimate of drug-likeness (QED) is 0.327. The van der Waals surface area contributed by atoms with E-state index in [1.54, 1.807) is 12.3 Å². The molecule has 1 saturated heterocycles. The summed E-state index contributed by atoms with van der Waals surface area (Å²) in [6, 6.07) is 21.7. The number of nitrogens with one attached hydrogen (secondary N) is 2. The first-order chi connectivity index (χ1) is 17.6. The van der Waals surface area contributed by atoms with Crippen molar-refractivity contribution in [2.75, 3.05) is 15.9 Å². The summed E-state index contributed by atoms with van der Waals surface area (Å²) in [5.74, 6) is 0. The van der Waals surface area contributed by atoms with Gasteiger partial charge in [0.15, 0.2) is 5.11 Å². The van der Waals surface area contributed by atoms with E-state index in [1.165, 1.54) is 11.1 Å². The van der Waals surface area contributed by atoms with Gasteiger partial charge in [-0.2, -0.15) is 0 Å². The summed E-state index contributed by atoms with van der Waals surface area (Å²) in [4.78, 5) is 6.74. The lowest BCUT2D eigenvalue weighted by molar-refractivity contribution is 0.549. The van der Waals surface area contributed by atoms with Gasteiger partial charge >= 0.3 is 0 Å². The SMILES string of the molecule is Cc1ccc(-n2cccc2[C@@H]2[C@@H](c3ccccn3)NC(=S)N2c2ccc(NS(C)(=O)=O)c(C)c2)cc1C. The molecule has 2 atom stereocenters. The van der Waals surface area contributed by atoms with Gasteiger partial charge in [-0.05, 0) is 104 Å². The minimum Gasteiger partial charge on any atom is -0.351 e. The number of anilines is 2. The highest BCUT2D eigenvalue weighted by molar-refractivity contribution is 7.92. The molecule has 1 fully saturated rings. The van der Waals surface area contributed by atoms with Crippen LogP contribution < -0.4 is 14.9 Å². The third-order valence-electron chi connectivity index (χ3n) is 6.73. The van der Waals surface area contributed by atoms with E-state index in [0.29, 0.717) is 10.8 Å². The first kappa shape index (κ1) is 25.0. The summed E-state index contributed by atoms with van der Waals surface area (Å²) in [6.45, 7) is 6.11. The lowest BCUT2D eigenvalue weighted by atomic mass is 10.00. The molecule has 2 aromatic heterocycles. The molecule has 5 rings (SSSR count). The number of rotatable bonds is 6. The maximum Gasteiger partial charge on any atom is 0.229 e. The molecule has 0 saturated carbocycles. The van der Waals surface area contributed by atoms with E-state index >= 15 is 0 Å². The van der Waals surface area contributed by atoms with Crippen molar-refractivity contribution >= 4 is 38.7 Å². The van der Waals surface area contributed by atoms with Crippen molar-refractivity contribution < 1.29 is 8.42 Å². The van der Waals surface area contributed by atoms with E-state index in [4.69, 9.17) is 12.2 Å². The third kappa shape index (κ3) is 4.97. The van der Waals surface area contributed by atoms with Crippen LogP contribution in [-0.2, 0) is 10.0 Å². The molecule has 2 N–H and O–H groups in total. The van der Waals surface area contributed by atoms with Gasteiger partial charge < -0.3 is 14.8 Å². The average Bonchev–Trinajstić information content (AvgIpc) is 3.46. The molecule has 2 aromatic carbocycles. The second-order valence-electron chi connectivity index (χ2n) is 9.44. The van der Waals surface area contributed by atoms with Gasteiger partial charge in [-0.15, -0.1) is 0 Å². The molecule has 0 radical (unpaired) electrons. The van der Waals surface area contributed by atoms with E-state index in [1.807, 2.05) is 43.3 Å². The molecule has 1 aliphatic rings. The first-order valence-electron chi connectivity index (χ1n) is 12.0. The standard InChI is InChI=1S/C28H29N5O2S2/c1-18-10-11-21(16-19(18)2)32-15-7-9-25(32)27-26(24-8-5-6-14-29-24)30-28(36)33(27)22-12-13-23(20(3)17-22)31-37(4,34)35/h5-17,26-27,31H,1-4H3,(H,30,36)/t26-,27-/m1/s1. The maximum atomic E-state index is 11.8. The first-order valence-corrected chi connectivity index (χ1v) is 14.3. The second kappa shape index (κ2) is 9.64. The van der Waals surface area contributed by atoms with Crippen molar-refractivity contribution in [3.8, 4) is 5.69 Å². The number of hydrogen-bond donors (Lipinski definition) is 2. The summed E-state index contributed by atoms with van der Waals surface area (Å²) in [5, 5.41) is 4.08. The van der Waals surface area contributed by atoms with Crippen molar-refractivity contribution in [2.24, 2.45) is 0 Å². The number of thiocarbonyl (C=S) groups is 1. The fraction of sp³-hybridized carbons (Fsp3) is 0.214. The van der Waals surface area contributed by atoms with Crippen LogP contribution in [0.4, 0.5) is 11.4 Å². The zero-order valence-electron chi connectivity index (χ0n) is 21.1. The smallest absolute Gasteiger partial charge is 0.229 e. The van der Waals surface area contributed by atoms with Crippen molar-refractivity contribution in [1.82, 2.24) is 14.9 Å². The molecular formula is C28H29N5O2S2. The predicted octanol–water partition coefficient (Wildman–Crippen LogP) is 5.35. The lowest BCUT2D eigenvalue weighted by Gasteiger charge is -2.29. The highest BCUT2D eigenvalue weighted by atomic mass is 32.2. The molecule has 0 unspecified atom stereocenters. The number of nitrogens with zero attached hydrogens (tertiary/aromatic N) is 3. The zero-order valence-corrected chi connectivity index (χ0v) is 22.8. The largest absolute Gasteiger partial charge is 0.351 e. The van der Waals surface area contributed by atoms with E-state index < -0.39 is 10.0 Å². The molecule has 1 aliphatic heterocycles. The molecule has 9 heteroatoms. The molecule has 37 heavy (non-hydrogen) atoms. The highest BCUT2D eigenvalue weighted by Crippen LogP contribution is 2.43. The van der Waals surface area contributed by atoms with Crippen LogP contribution in [0.25, 0.3) is 5.69 Å². The van der Waals surface area contributed by atoms with Crippen LogP contribution in [0.3, 0.4) is 0 Å². The van der Waals surface area contributed by atoms with Gasteiger partial charge in [0, 0.05) is 29.5 Å². The number of hydrogen-bond acceptors (Lipinski definition) is 4. The Morgan fingerprint density at radius 3 is 2.35 bits per heavy atom. The van der Waals surface area contributed by atoms with Crippen LogP contribution in [0.1, 0.15) is 40.2 Å². The van der Waals surface area contributed by atoms with Crippen molar-refractivity contribution in [2.45, 2.75) is 32.9 Å². The summed E-state index contributed by atoms with van der Waals surface area (Å²) < 4.78 is 28.4. The van der Waals surface area contributed by atoms with E-state index in [-0.39, 0.29) is 12.1 Å². The Kier molecular flexibility index (Phi) is 6.51. The number of benzene rings is 2. The minimum atomic E-state index is -3.39. The van der Waals surface area contributed by atoms with Gasteiger partial charge in [-0.25, -0.2) is 8.42 Å². The molecule has 4 aromatic rings. The Bertz CT molecular complexity index is 1580. The summed E-state index contributed by atoms with van der Waals surface area (Å²) in [6.07, 6.45) is 5.01. The monoisotopic (exact) mass is 531 g/mol. The molecule has 3 heterocycles. The van der Waals surface area contributed by atoms with Gasteiger partial charge in [0.05, 0.1) is 23.7 Å². The molecule has 0 aliphatic carbocycles. The molecule has 0 spiro atoms. The predicted molar refractivity (Wildman–Crippen MR) is 153 cm³/mol. The normalized spacial score (nSPS) is 17.6. The second-order valence-corrected chi connectivity index (χ2v) is 11.6. The summed E-state index contributed by atoms with van der Waals surface area (Å²) in [5.41, 5.74) is 7.69. The van der Waals surface area contributed by atoms with Crippen LogP contribution in [0.15, 0.2) is 79.1 Å². The molecule has 0 amide bonds. The highest BCUT2D eigenvalue weighted by Gasteiger charge is 2.42. The number of pyridine rings is 1. The van der Waals surface area contributed by atoms with Crippen LogP contribution in [0.5, 0.6) is 0 Å². The zero-order chi connectivity index (χ0) is 26.3. The van der Waals surface area contributed by atoms with Gasteiger partial charge in [-0.1, -0.05) is 12.1 Å². The van der Waals surface area contributed by atoms with E-state index in [2.05, 4.69) is 68.8 Å². The van der Waals surface area contributed by atoms with Gasteiger partial charge in [-0.3, -0.25) is 9.71 Å². The lowest BCUT2D eigenvalue weighted by Crippen LogP contribution is -2.30. The molecule has 190 valence electrons. The maximum absolute atomic E-state index is 11.8. The fourth-order valence-corrected chi connectivity index (χ4v) is 5.77. The number of sulfonamides is 1. The Balaban J connectivity index is 1.64. The Labute approximate surface area is 223 Å². The van der Waals surface area contributed by atoms with E-state index in [0.717, 1.165) is 34.6 Å². The summed E-state index contributed by atoms with van der Waals surface area (Å²) in [7, 11) is -3.39. The number of aryl methyl sites for hydroxylation is 3. The van der Waals surface area contributed by atoms with E-state index in [9.17, 15) is 8.42 Å². The van der Waals surface area contributed by atoms with Crippen LogP contribution >= 0.6 is 12.2 Å². The number of aromatic nitrogens is 2. The Morgan fingerprint density at radius 2 is 1.68 bits per heavy atom. The topological polar surface area (TPSA) is 79.3 Å². The van der Waals surface area contributed by atoms with Crippen LogP contribution in [0.2, 0.25) is 0 Å². The van der Waals surface area contributed by atoms with Crippen LogP contribution in [0, 0.1) is 20.8 Å². The molecule has 7 nitrogen and oxygen atoms in total. The van der Waals surface area contributed by atoms with Gasteiger partial charge in [0.2, 0.25) is 10.0 Å². The van der Waals surface area contributed by atoms with Crippen molar-refractivity contribution in [3.05, 3.63) is 107 Å². The van der Waals surface area contributed by atoms with Gasteiger partial charge in [0.25, 0.3) is 0 Å². The third-order valence-corrected chi connectivity index (χ3v) is 7.64. The van der Waals surface area contributed by atoms with Gasteiger partial charge in [0.1, 0.15) is 6.04 Å². The minimum absolute atomic E-state index is 0.192. The summed E-state index contributed by atoms with van der Waals surface area (Å²) >= 11 is 5.88. The Hall–Kier alpha value is -3.69. The van der Waals surface area contributed by atoms with Crippen LogP contribution in [-0.4, -0.2) is 29.3 Å². The van der Waals surface area contributed by atoms with Crippen molar-refractivity contribution in [1.29, 1.82) is 0 Å². The average molecular weight is 532 g/mol. The Morgan fingerprint density at radius 1 is 0.919 bits per heavy atom. The fourth-order valence-electron chi connectivity index (χ4n) is 4.79. The molecular weight excluding hydrogens is 502 g/mol. The molecule has 0 bridgehead atoms. The van der Waals surface area contributed by atoms with Crippen molar-refractivity contribution in [3.63, 3.8) is 0 Å².